The lowest BCUT2D eigenvalue weighted by atomic mass is 9.57. The van der Waals surface area contributed by atoms with E-state index in [9.17, 15) is 19.5 Å². The van der Waals surface area contributed by atoms with Gasteiger partial charge in [0.15, 0.2) is 5.78 Å². The average Bonchev–Trinajstić information content (AvgIpc) is 2.27. The summed E-state index contributed by atoms with van der Waals surface area (Å²) in [5, 5.41) is 9.28. The van der Waals surface area contributed by atoms with Crippen LogP contribution in [0, 0.1) is 16.7 Å². The van der Waals surface area contributed by atoms with E-state index >= 15 is 0 Å². The Labute approximate surface area is 87.7 Å². The minimum Gasteiger partial charge on any atom is -0.480 e. The van der Waals surface area contributed by atoms with E-state index in [0.29, 0.717) is 12.8 Å². The molecule has 2 saturated carbocycles. The highest BCUT2D eigenvalue weighted by Crippen LogP contribution is 2.60. The number of carbonyl (C=O) groups excluding carboxylic acids is 2. The number of hydrogen-bond acceptors (Lipinski definition) is 3. The van der Waals surface area contributed by atoms with Crippen molar-refractivity contribution in [2.24, 2.45) is 16.7 Å². The molecule has 2 bridgehead atoms. The third kappa shape index (κ3) is 0.945. The summed E-state index contributed by atoms with van der Waals surface area (Å²) in [7, 11) is 0. The van der Waals surface area contributed by atoms with Crippen molar-refractivity contribution >= 4 is 17.5 Å². The van der Waals surface area contributed by atoms with E-state index in [2.05, 4.69) is 0 Å². The first-order valence-corrected chi connectivity index (χ1v) is 5.13. The van der Waals surface area contributed by atoms with E-state index < -0.39 is 22.6 Å². The molecule has 1 N–H and O–H groups in total. The molecule has 0 aliphatic heterocycles. The van der Waals surface area contributed by atoms with Gasteiger partial charge in [-0.15, -0.1) is 0 Å². The van der Waals surface area contributed by atoms with E-state index in [-0.39, 0.29) is 18.1 Å². The highest BCUT2D eigenvalue weighted by molar-refractivity contribution is 6.15. The largest absolute Gasteiger partial charge is 0.480 e. The van der Waals surface area contributed by atoms with Crippen LogP contribution in [0.1, 0.15) is 33.1 Å². The molecule has 0 unspecified atom stereocenters. The molecule has 0 aromatic heterocycles. The summed E-state index contributed by atoms with van der Waals surface area (Å²) in [5.41, 5.74) is -2.04. The van der Waals surface area contributed by atoms with Crippen molar-refractivity contribution in [3.8, 4) is 0 Å². The van der Waals surface area contributed by atoms with Crippen LogP contribution in [0.15, 0.2) is 0 Å². The molecule has 0 spiro atoms. The quantitative estimate of drug-likeness (QED) is 0.656. The summed E-state index contributed by atoms with van der Waals surface area (Å²) >= 11 is 0. The van der Waals surface area contributed by atoms with Crippen molar-refractivity contribution in [3.05, 3.63) is 0 Å². The molecule has 4 heteroatoms. The molecule has 0 aromatic rings. The molecule has 2 fully saturated rings. The summed E-state index contributed by atoms with van der Waals surface area (Å²) in [4.78, 5) is 34.8. The van der Waals surface area contributed by atoms with Crippen molar-refractivity contribution in [3.63, 3.8) is 0 Å². The second kappa shape index (κ2) is 2.68. The third-order valence-corrected chi connectivity index (χ3v) is 4.34. The molecule has 0 heterocycles. The molecule has 82 valence electrons. The smallest absolute Gasteiger partial charge is 0.317 e. The molecule has 4 nitrogen and oxygen atoms in total. The molecule has 0 amide bonds. The average molecular weight is 210 g/mol. The van der Waals surface area contributed by atoms with E-state index in [4.69, 9.17) is 0 Å². The number of Topliss-reactive ketones (excluding diaryl/α,β-unsaturated/α-hetero) is 2. The summed E-state index contributed by atoms with van der Waals surface area (Å²) in [6.45, 7) is 3.46. The Morgan fingerprint density at radius 1 is 1.40 bits per heavy atom. The van der Waals surface area contributed by atoms with Gasteiger partial charge in [0.05, 0.1) is 6.42 Å². The lowest BCUT2D eigenvalue weighted by molar-refractivity contribution is -0.167. The van der Waals surface area contributed by atoms with Crippen LogP contribution < -0.4 is 0 Å². The van der Waals surface area contributed by atoms with Crippen LogP contribution in [-0.4, -0.2) is 22.6 Å². The Kier molecular flexibility index (Phi) is 1.85. The summed E-state index contributed by atoms with van der Waals surface area (Å²) in [6.07, 6.45) is 0.648. The first-order chi connectivity index (χ1) is 6.84. The SMILES string of the molecule is CC1(C)[C@@H]2CC[C@@]1(C(=O)O)C(=O)CC2=O. The Morgan fingerprint density at radius 3 is 2.53 bits per heavy atom. The fraction of sp³-hybridized carbons (Fsp3) is 0.727. The number of aliphatic carboxylic acids is 1. The van der Waals surface area contributed by atoms with Gasteiger partial charge in [0, 0.05) is 5.92 Å². The molecule has 0 aromatic carbocycles. The van der Waals surface area contributed by atoms with Crippen LogP contribution in [0.4, 0.5) is 0 Å². The standard InChI is InChI=1S/C11H14O4/c1-10(2)6-3-4-11(10,9(14)15)8(13)5-7(6)12/h6H,3-5H2,1-2H3,(H,14,15)/t6-,11+/m1/s1. The summed E-state index contributed by atoms with van der Waals surface area (Å²) in [6, 6.07) is 0. The maximum absolute atomic E-state index is 11.8. The lowest BCUT2D eigenvalue weighted by Crippen LogP contribution is -2.54. The predicted octanol–water partition coefficient (Wildman–Crippen LogP) is 1.04. The Hall–Kier alpha value is -1.19. The van der Waals surface area contributed by atoms with Gasteiger partial charge in [0.25, 0.3) is 0 Å². The Balaban J connectivity index is 2.60. The van der Waals surface area contributed by atoms with Crippen molar-refractivity contribution in [2.45, 2.75) is 33.1 Å². The molecule has 2 aliphatic carbocycles. The van der Waals surface area contributed by atoms with Crippen molar-refractivity contribution < 1.29 is 19.5 Å². The molecular weight excluding hydrogens is 196 g/mol. The van der Waals surface area contributed by atoms with E-state index in [1.165, 1.54) is 0 Å². The van der Waals surface area contributed by atoms with Gasteiger partial charge in [0.1, 0.15) is 11.2 Å². The molecule has 2 rings (SSSR count). The molecular formula is C11H14O4. The van der Waals surface area contributed by atoms with Crippen LogP contribution >= 0.6 is 0 Å². The van der Waals surface area contributed by atoms with Gasteiger partial charge >= 0.3 is 5.97 Å². The first kappa shape index (κ1) is 10.3. The first-order valence-electron chi connectivity index (χ1n) is 5.13. The van der Waals surface area contributed by atoms with Crippen LogP contribution in [-0.2, 0) is 14.4 Å². The molecule has 15 heavy (non-hydrogen) atoms. The zero-order valence-electron chi connectivity index (χ0n) is 8.87. The van der Waals surface area contributed by atoms with Gasteiger partial charge in [-0.05, 0) is 18.3 Å². The molecule has 0 saturated heterocycles. The number of ketones is 2. The second-order valence-corrected chi connectivity index (χ2v) is 5.09. The van der Waals surface area contributed by atoms with Crippen molar-refractivity contribution in [1.82, 2.24) is 0 Å². The highest BCUT2D eigenvalue weighted by atomic mass is 16.4. The fourth-order valence-corrected chi connectivity index (χ4v) is 3.34. The molecule has 0 radical (unpaired) electrons. The number of fused-ring (bicyclic) bond motifs is 2. The molecule has 2 aliphatic rings. The van der Waals surface area contributed by atoms with Gasteiger partial charge in [-0.2, -0.15) is 0 Å². The van der Waals surface area contributed by atoms with Gasteiger partial charge in [0.2, 0.25) is 0 Å². The maximum atomic E-state index is 11.8. The zero-order chi connectivity index (χ0) is 11.4. The normalized spacial score (nSPS) is 38.1. The van der Waals surface area contributed by atoms with Crippen molar-refractivity contribution in [2.75, 3.05) is 0 Å². The van der Waals surface area contributed by atoms with Crippen LogP contribution in [0.5, 0.6) is 0 Å². The van der Waals surface area contributed by atoms with Gasteiger partial charge in [-0.3, -0.25) is 14.4 Å². The van der Waals surface area contributed by atoms with Crippen molar-refractivity contribution in [1.29, 1.82) is 0 Å². The van der Waals surface area contributed by atoms with E-state index in [1.54, 1.807) is 13.8 Å². The van der Waals surface area contributed by atoms with E-state index in [1.807, 2.05) is 0 Å². The lowest BCUT2D eigenvalue weighted by Gasteiger charge is -2.42. The number of carboxylic acids is 1. The Bertz CT molecular complexity index is 369. The monoisotopic (exact) mass is 210 g/mol. The van der Waals surface area contributed by atoms with Gasteiger partial charge in [-0.1, -0.05) is 13.8 Å². The number of carbonyl (C=O) groups is 3. The van der Waals surface area contributed by atoms with Crippen LogP contribution in [0.3, 0.4) is 0 Å². The number of hydrogen-bond donors (Lipinski definition) is 1. The second-order valence-electron chi connectivity index (χ2n) is 5.09. The summed E-state index contributed by atoms with van der Waals surface area (Å²) < 4.78 is 0. The van der Waals surface area contributed by atoms with Crippen LogP contribution in [0.25, 0.3) is 0 Å². The number of rotatable bonds is 1. The summed E-state index contributed by atoms with van der Waals surface area (Å²) in [5.74, 6) is -1.81. The zero-order valence-corrected chi connectivity index (χ0v) is 8.87. The maximum Gasteiger partial charge on any atom is 0.317 e. The number of carboxylic acid groups (broad SMARTS) is 1. The Morgan fingerprint density at radius 2 is 2.00 bits per heavy atom. The van der Waals surface area contributed by atoms with Gasteiger partial charge in [-0.25, -0.2) is 0 Å². The topological polar surface area (TPSA) is 71.4 Å². The van der Waals surface area contributed by atoms with Crippen LogP contribution in [0.2, 0.25) is 0 Å². The predicted molar refractivity (Wildman–Crippen MR) is 51.2 cm³/mol. The van der Waals surface area contributed by atoms with Gasteiger partial charge < -0.3 is 5.11 Å². The minimum absolute atomic E-state index is 0.0839. The third-order valence-electron chi connectivity index (χ3n) is 4.34. The highest BCUT2D eigenvalue weighted by Gasteiger charge is 2.67. The minimum atomic E-state index is -1.31. The van der Waals surface area contributed by atoms with E-state index in [0.717, 1.165) is 0 Å². The molecule has 2 atom stereocenters. The fourth-order valence-electron chi connectivity index (χ4n) is 3.34.